The van der Waals surface area contributed by atoms with E-state index in [-0.39, 0.29) is 11.5 Å². The van der Waals surface area contributed by atoms with Crippen molar-refractivity contribution in [2.45, 2.75) is 32.9 Å². The van der Waals surface area contributed by atoms with Gasteiger partial charge in [0.05, 0.1) is 30.1 Å². The van der Waals surface area contributed by atoms with Crippen molar-refractivity contribution >= 4 is 10.9 Å². The van der Waals surface area contributed by atoms with Crippen LogP contribution >= 0.6 is 0 Å². The van der Waals surface area contributed by atoms with Gasteiger partial charge in [0.25, 0.3) is 5.56 Å². The third kappa shape index (κ3) is 2.81. The molecule has 0 radical (unpaired) electrons. The van der Waals surface area contributed by atoms with Crippen molar-refractivity contribution in [2.24, 2.45) is 0 Å². The molecule has 4 nitrogen and oxygen atoms in total. The van der Waals surface area contributed by atoms with Gasteiger partial charge in [-0.15, -0.1) is 12.8 Å². The lowest BCUT2D eigenvalue weighted by molar-refractivity contribution is 0.182. The summed E-state index contributed by atoms with van der Waals surface area (Å²) in [5, 5.41) is 1.11. The Morgan fingerprint density at radius 2 is 1.96 bits per heavy atom. The first-order chi connectivity index (χ1) is 12.6. The Labute approximate surface area is 153 Å². The molecule has 0 saturated carbocycles. The molecule has 4 rings (SSSR count). The minimum absolute atomic E-state index is 0.0418. The molecule has 4 heteroatoms. The second-order valence-electron chi connectivity index (χ2n) is 6.63. The van der Waals surface area contributed by atoms with Crippen LogP contribution in [0, 0.1) is 12.8 Å². The summed E-state index contributed by atoms with van der Waals surface area (Å²) in [4.78, 5) is 17.8. The number of hydrogen-bond donors (Lipinski definition) is 0. The lowest BCUT2D eigenvalue weighted by Crippen LogP contribution is -2.25. The zero-order valence-electron chi connectivity index (χ0n) is 15.3. The van der Waals surface area contributed by atoms with E-state index in [1.54, 1.807) is 7.11 Å². The highest BCUT2D eigenvalue weighted by Crippen LogP contribution is 2.33. The standard InChI is InChI=1S/C20H20N2O2.C2H2/c1-12(2)15-9-18-19-14(8-13-6-4-5-7-17(13)21-19)10-22(18)20(23)16(15)11-24-3;1-2/h4-9,12H,10-11H2,1-3H3;1-2H. The summed E-state index contributed by atoms with van der Waals surface area (Å²) in [6, 6.07) is 12.3. The molecule has 0 N–H and O–H groups in total. The SMILES string of the molecule is C#C.COCc1c(C(C)C)cc2n(c1=O)Cc1cc3ccccc3nc1-2. The van der Waals surface area contributed by atoms with Crippen LogP contribution in [-0.4, -0.2) is 16.7 Å². The highest BCUT2D eigenvalue weighted by atomic mass is 16.5. The van der Waals surface area contributed by atoms with E-state index in [2.05, 4.69) is 44.9 Å². The number of ether oxygens (including phenoxy) is 1. The van der Waals surface area contributed by atoms with Crippen molar-refractivity contribution in [3.8, 4) is 24.2 Å². The molecule has 3 aromatic rings. The Bertz CT molecular complexity index is 1050. The first-order valence-corrected chi connectivity index (χ1v) is 8.58. The average molecular weight is 346 g/mol. The van der Waals surface area contributed by atoms with Gasteiger partial charge in [0.1, 0.15) is 0 Å². The summed E-state index contributed by atoms with van der Waals surface area (Å²) in [6.07, 6.45) is 8.00. The number of rotatable bonds is 3. The minimum atomic E-state index is 0.0418. The van der Waals surface area contributed by atoms with E-state index in [1.807, 2.05) is 22.8 Å². The predicted molar refractivity (Wildman–Crippen MR) is 105 cm³/mol. The Balaban J connectivity index is 0.000000948. The maximum atomic E-state index is 13.0. The van der Waals surface area contributed by atoms with Crippen molar-refractivity contribution in [1.82, 2.24) is 9.55 Å². The van der Waals surface area contributed by atoms with Gasteiger partial charge in [-0.2, -0.15) is 0 Å². The molecule has 0 unspecified atom stereocenters. The fraction of sp³-hybridized carbons (Fsp3) is 0.273. The van der Waals surface area contributed by atoms with E-state index in [0.29, 0.717) is 13.2 Å². The van der Waals surface area contributed by atoms with Crippen LogP contribution in [0.2, 0.25) is 0 Å². The number of methoxy groups -OCH3 is 1. The Morgan fingerprint density at radius 1 is 1.23 bits per heavy atom. The summed E-state index contributed by atoms with van der Waals surface area (Å²) in [7, 11) is 1.63. The van der Waals surface area contributed by atoms with E-state index in [9.17, 15) is 4.79 Å². The van der Waals surface area contributed by atoms with Crippen LogP contribution in [0.5, 0.6) is 0 Å². The Morgan fingerprint density at radius 3 is 2.65 bits per heavy atom. The monoisotopic (exact) mass is 346 g/mol. The molecule has 1 aromatic carbocycles. The molecule has 1 aliphatic rings. The van der Waals surface area contributed by atoms with Gasteiger partial charge in [0.2, 0.25) is 0 Å². The van der Waals surface area contributed by atoms with Gasteiger partial charge >= 0.3 is 0 Å². The molecule has 3 heterocycles. The summed E-state index contributed by atoms with van der Waals surface area (Å²) in [5.74, 6) is 0.262. The second-order valence-corrected chi connectivity index (χ2v) is 6.63. The quantitative estimate of drug-likeness (QED) is 0.528. The molecule has 0 aliphatic carbocycles. The van der Waals surface area contributed by atoms with Crippen LogP contribution in [0.15, 0.2) is 41.2 Å². The van der Waals surface area contributed by atoms with Crippen LogP contribution in [-0.2, 0) is 17.9 Å². The number of fused-ring (bicyclic) bond motifs is 4. The lowest BCUT2D eigenvalue weighted by atomic mass is 9.97. The number of benzene rings is 1. The van der Waals surface area contributed by atoms with Gasteiger partial charge in [-0.3, -0.25) is 4.79 Å². The molecule has 0 amide bonds. The topological polar surface area (TPSA) is 44.1 Å². The van der Waals surface area contributed by atoms with Gasteiger partial charge < -0.3 is 9.30 Å². The highest BCUT2D eigenvalue weighted by molar-refractivity contribution is 5.83. The van der Waals surface area contributed by atoms with Gasteiger partial charge in [-0.25, -0.2) is 4.98 Å². The predicted octanol–water partition coefficient (Wildman–Crippen LogP) is 3.94. The van der Waals surface area contributed by atoms with Crippen LogP contribution < -0.4 is 5.56 Å². The number of para-hydroxylation sites is 1. The zero-order chi connectivity index (χ0) is 18.8. The highest BCUT2D eigenvalue weighted by Gasteiger charge is 2.25. The normalized spacial score (nSPS) is 11.8. The van der Waals surface area contributed by atoms with Gasteiger partial charge in [-0.05, 0) is 29.7 Å². The van der Waals surface area contributed by atoms with Crippen molar-refractivity contribution < 1.29 is 4.74 Å². The number of terminal acetylenes is 1. The van der Waals surface area contributed by atoms with Crippen molar-refractivity contribution in [2.75, 3.05) is 7.11 Å². The van der Waals surface area contributed by atoms with Gasteiger partial charge in [0.15, 0.2) is 0 Å². The van der Waals surface area contributed by atoms with Crippen LogP contribution in [0.4, 0.5) is 0 Å². The number of aromatic nitrogens is 2. The van der Waals surface area contributed by atoms with E-state index < -0.39 is 0 Å². The maximum Gasteiger partial charge on any atom is 0.257 e. The minimum Gasteiger partial charge on any atom is -0.380 e. The fourth-order valence-corrected chi connectivity index (χ4v) is 3.54. The number of pyridine rings is 2. The Kier molecular flexibility index (Phi) is 4.92. The summed E-state index contributed by atoms with van der Waals surface area (Å²) in [5.41, 5.74) is 5.77. The molecule has 0 saturated heterocycles. The molecule has 2 aromatic heterocycles. The summed E-state index contributed by atoms with van der Waals surface area (Å²) < 4.78 is 7.10. The molecular formula is C22H22N2O2. The fourth-order valence-electron chi connectivity index (χ4n) is 3.54. The second kappa shape index (κ2) is 7.15. The summed E-state index contributed by atoms with van der Waals surface area (Å²) in [6.45, 7) is 5.14. The number of hydrogen-bond acceptors (Lipinski definition) is 3. The van der Waals surface area contributed by atoms with E-state index >= 15 is 0 Å². The summed E-state index contributed by atoms with van der Waals surface area (Å²) >= 11 is 0. The average Bonchev–Trinajstić information content (AvgIpc) is 3.01. The van der Waals surface area contributed by atoms with Crippen LogP contribution in [0.25, 0.3) is 22.3 Å². The third-order valence-electron chi connectivity index (χ3n) is 4.72. The van der Waals surface area contributed by atoms with E-state index in [1.165, 1.54) is 0 Å². The molecule has 0 fully saturated rings. The van der Waals surface area contributed by atoms with Gasteiger partial charge in [0, 0.05) is 23.6 Å². The number of nitrogens with zero attached hydrogens (tertiary/aromatic N) is 2. The maximum absolute atomic E-state index is 13.0. The van der Waals surface area contributed by atoms with Gasteiger partial charge in [-0.1, -0.05) is 32.0 Å². The molecular weight excluding hydrogens is 324 g/mol. The molecule has 26 heavy (non-hydrogen) atoms. The zero-order valence-corrected chi connectivity index (χ0v) is 15.3. The van der Waals surface area contributed by atoms with E-state index in [0.717, 1.165) is 39.0 Å². The van der Waals surface area contributed by atoms with E-state index in [4.69, 9.17) is 9.72 Å². The molecule has 0 spiro atoms. The van der Waals surface area contributed by atoms with Crippen LogP contribution in [0.1, 0.15) is 36.5 Å². The lowest BCUT2D eigenvalue weighted by Gasteiger charge is -2.15. The largest absolute Gasteiger partial charge is 0.380 e. The molecule has 0 bridgehead atoms. The van der Waals surface area contributed by atoms with Crippen LogP contribution in [0.3, 0.4) is 0 Å². The van der Waals surface area contributed by atoms with Crippen molar-refractivity contribution in [1.29, 1.82) is 0 Å². The Hall–Kier alpha value is -2.90. The molecule has 132 valence electrons. The smallest absolute Gasteiger partial charge is 0.257 e. The molecule has 0 atom stereocenters. The van der Waals surface area contributed by atoms with Crippen molar-refractivity contribution in [3.05, 3.63) is 63.4 Å². The first kappa shape index (κ1) is 17.9. The first-order valence-electron chi connectivity index (χ1n) is 8.58. The van der Waals surface area contributed by atoms with Crippen molar-refractivity contribution in [3.63, 3.8) is 0 Å². The third-order valence-corrected chi connectivity index (χ3v) is 4.72. The molecule has 1 aliphatic heterocycles.